The number of aromatic nitrogens is 1. The summed E-state index contributed by atoms with van der Waals surface area (Å²) in [4.78, 5) is 18.2. The molecule has 0 saturated heterocycles. The lowest BCUT2D eigenvalue weighted by molar-refractivity contribution is -0.121. The fraction of sp³-hybridized carbons (Fsp3) is 0.450. The van der Waals surface area contributed by atoms with Gasteiger partial charge in [-0.3, -0.25) is 9.79 Å². The van der Waals surface area contributed by atoms with E-state index in [1.165, 1.54) is 0 Å². The average molecular weight is 513 g/mol. The second-order valence-electron chi connectivity index (χ2n) is 6.88. The predicted octanol–water partition coefficient (Wildman–Crippen LogP) is 2.90. The lowest BCUT2D eigenvalue weighted by Gasteiger charge is -2.29. The largest absolute Gasteiger partial charge is 0.482 e. The molecular formula is C20H28IN5O3. The SMILES string of the molecule is CN=C(NCCCN1C(=O)COc2ccccc21)NCc1cc(C(C)C)no1.I. The van der Waals surface area contributed by atoms with E-state index in [1.54, 1.807) is 11.9 Å². The van der Waals surface area contributed by atoms with Crippen LogP contribution in [-0.4, -0.2) is 43.8 Å². The van der Waals surface area contributed by atoms with Crippen molar-refractivity contribution < 1.29 is 14.1 Å². The third-order valence-electron chi connectivity index (χ3n) is 4.48. The Bertz CT molecular complexity index is 837. The molecule has 0 unspecified atom stereocenters. The Morgan fingerprint density at radius 2 is 2.10 bits per heavy atom. The summed E-state index contributed by atoms with van der Waals surface area (Å²) in [5.41, 5.74) is 1.77. The van der Waals surface area contributed by atoms with E-state index >= 15 is 0 Å². The van der Waals surface area contributed by atoms with E-state index in [0.29, 0.717) is 31.5 Å². The number of halogens is 1. The third kappa shape index (κ3) is 6.09. The van der Waals surface area contributed by atoms with Gasteiger partial charge in [-0.2, -0.15) is 0 Å². The fourth-order valence-electron chi connectivity index (χ4n) is 2.92. The highest BCUT2D eigenvalue weighted by Gasteiger charge is 2.24. The number of para-hydroxylation sites is 2. The molecule has 2 aromatic rings. The van der Waals surface area contributed by atoms with Gasteiger partial charge in [-0.25, -0.2) is 0 Å². The highest BCUT2D eigenvalue weighted by atomic mass is 127. The molecule has 1 aliphatic heterocycles. The first-order chi connectivity index (χ1) is 13.6. The smallest absolute Gasteiger partial charge is 0.265 e. The number of hydrogen-bond donors (Lipinski definition) is 2. The van der Waals surface area contributed by atoms with Gasteiger partial charge in [0.25, 0.3) is 5.91 Å². The molecule has 0 spiro atoms. The van der Waals surface area contributed by atoms with Crippen molar-refractivity contribution in [2.45, 2.75) is 32.7 Å². The van der Waals surface area contributed by atoms with Gasteiger partial charge >= 0.3 is 0 Å². The number of nitrogens with one attached hydrogen (secondary N) is 2. The van der Waals surface area contributed by atoms with Gasteiger partial charge in [0.05, 0.1) is 17.9 Å². The molecule has 2 heterocycles. The first-order valence-corrected chi connectivity index (χ1v) is 9.50. The van der Waals surface area contributed by atoms with Crippen molar-refractivity contribution in [1.82, 2.24) is 15.8 Å². The van der Waals surface area contributed by atoms with Gasteiger partial charge in [-0.15, -0.1) is 24.0 Å². The predicted molar refractivity (Wildman–Crippen MR) is 123 cm³/mol. The molecule has 0 aliphatic carbocycles. The zero-order chi connectivity index (χ0) is 19.9. The van der Waals surface area contributed by atoms with E-state index in [4.69, 9.17) is 9.26 Å². The molecule has 8 nitrogen and oxygen atoms in total. The molecular weight excluding hydrogens is 485 g/mol. The number of ether oxygens (including phenoxy) is 1. The monoisotopic (exact) mass is 513 g/mol. The topological polar surface area (TPSA) is 92.0 Å². The van der Waals surface area contributed by atoms with Crippen LogP contribution in [-0.2, 0) is 11.3 Å². The van der Waals surface area contributed by atoms with Gasteiger partial charge in [0.15, 0.2) is 18.3 Å². The summed E-state index contributed by atoms with van der Waals surface area (Å²) in [6, 6.07) is 9.55. The Morgan fingerprint density at radius 3 is 2.83 bits per heavy atom. The number of guanidine groups is 1. The minimum atomic E-state index is -0.0208. The molecule has 3 rings (SSSR count). The van der Waals surface area contributed by atoms with Crippen molar-refractivity contribution in [3.63, 3.8) is 0 Å². The molecule has 0 fully saturated rings. The van der Waals surface area contributed by atoms with E-state index in [1.807, 2.05) is 30.3 Å². The van der Waals surface area contributed by atoms with Crippen LogP contribution in [0.2, 0.25) is 0 Å². The van der Waals surface area contributed by atoms with E-state index in [9.17, 15) is 4.79 Å². The van der Waals surface area contributed by atoms with Crippen LogP contribution in [0.1, 0.15) is 37.6 Å². The fourth-order valence-corrected chi connectivity index (χ4v) is 2.92. The van der Waals surface area contributed by atoms with Crippen LogP contribution in [0, 0.1) is 0 Å². The van der Waals surface area contributed by atoms with Crippen molar-refractivity contribution in [1.29, 1.82) is 0 Å². The minimum Gasteiger partial charge on any atom is -0.482 e. The molecule has 0 saturated carbocycles. The summed E-state index contributed by atoms with van der Waals surface area (Å²) in [5, 5.41) is 10.5. The maximum absolute atomic E-state index is 12.2. The van der Waals surface area contributed by atoms with Crippen molar-refractivity contribution >= 4 is 41.5 Å². The van der Waals surface area contributed by atoms with Crippen LogP contribution < -0.4 is 20.3 Å². The highest BCUT2D eigenvalue weighted by molar-refractivity contribution is 14.0. The number of aliphatic imine (C=N–C) groups is 1. The number of anilines is 1. The van der Waals surface area contributed by atoms with Gasteiger partial charge in [0.2, 0.25) is 0 Å². The van der Waals surface area contributed by atoms with Gasteiger partial charge < -0.3 is 24.8 Å². The maximum Gasteiger partial charge on any atom is 0.265 e. The van der Waals surface area contributed by atoms with Crippen LogP contribution in [0.4, 0.5) is 5.69 Å². The average Bonchev–Trinajstić information content (AvgIpc) is 3.18. The summed E-state index contributed by atoms with van der Waals surface area (Å²) in [5.74, 6) is 2.51. The molecule has 9 heteroatoms. The van der Waals surface area contributed by atoms with E-state index < -0.39 is 0 Å². The molecule has 1 aromatic carbocycles. The number of rotatable bonds is 7. The van der Waals surface area contributed by atoms with Gasteiger partial charge in [0.1, 0.15) is 5.75 Å². The Morgan fingerprint density at radius 1 is 1.31 bits per heavy atom. The molecule has 0 atom stereocenters. The van der Waals surface area contributed by atoms with Crippen molar-refractivity contribution in [3.8, 4) is 5.75 Å². The zero-order valence-corrected chi connectivity index (χ0v) is 19.3. The number of nitrogens with zero attached hydrogens (tertiary/aromatic N) is 3. The molecule has 158 valence electrons. The first-order valence-electron chi connectivity index (χ1n) is 9.50. The Balaban J connectivity index is 0.00000300. The maximum atomic E-state index is 12.2. The number of carbonyl (C=O) groups is 1. The third-order valence-corrected chi connectivity index (χ3v) is 4.48. The standard InChI is InChI=1S/C20H27N5O3.HI/c1-14(2)16-11-15(28-24-16)12-23-20(21-3)22-9-6-10-25-17-7-4-5-8-18(17)27-13-19(25)26;/h4-5,7-8,11,14H,6,9-10,12-13H2,1-3H3,(H2,21,22,23);1H. The van der Waals surface area contributed by atoms with E-state index in [0.717, 1.165) is 29.3 Å². The molecule has 2 N–H and O–H groups in total. The van der Waals surface area contributed by atoms with Crippen molar-refractivity contribution in [2.24, 2.45) is 4.99 Å². The zero-order valence-electron chi connectivity index (χ0n) is 17.0. The molecule has 29 heavy (non-hydrogen) atoms. The number of fused-ring (bicyclic) bond motifs is 1. The number of carbonyl (C=O) groups excluding carboxylic acids is 1. The van der Waals surface area contributed by atoms with Crippen LogP contribution in [0.25, 0.3) is 0 Å². The minimum absolute atomic E-state index is 0. The number of amides is 1. The lowest BCUT2D eigenvalue weighted by Crippen LogP contribution is -2.41. The van der Waals surface area contributed by atoms with Gasteiger partial charge in [-0.1, -0.05) is 31.1 Å². The summed E-state index contributed by atoms with van der Waals surface area (Å²) in [6.07, 6.45) is 0.778. The molecule has 1 aromatic heterocycles. The lowest BCUT2D eigenvalue weighted by atomic mass is 10.1. The van der Waals surface area contributed by atoms with Crippen LogP contribution in [0.5, 0.6) is 5.75 Å². The summed E-state index contributed by atoms with van der Waals surface area (Å²) >= 11 is 0. The Hall–Kier alpha value is -2.30. The second-order valence-corrected chi connectivity index (χ2v) is 6.88. The van der Waals surface area contributed by atoms with Crippen LogP contribution >= 0.6 is 24.0 Å². The molecule has 1 amide bonds. The van der Waals surface area contributed by atoms with Gasteiger partial charge in [0, 0.05) is 26.2 Å². The van der Waals surface area contributed by atoms with Crippen molar-refractivity contribution in [3.05, 3.63) is 41.8 Å². The number of hydrogen-bond acceptors (Lipinski definition) is 5. The first kappa shape index (κ1) is 23.0. The van der Waals surface area contributed by atoms with Crippen molar-refractivity contribution in [2.75, 3.05) is 31.6 Å². The summed E-state index contributed by atoms with van der Waals surface area (Å²) in [6.45, 7) is 6.04. The van der Waals surface area contributed by atoms with E-state index in [2.05, 4.69) is 34.6 Å². The Kier molecular flexibility index (Phi) is 8.74. The van der Waals surface area contributed by atoms with Gasteiger partial charge in [-0.05, 0) is 24.5 Å². The second kappa shape index (κ2) is 11.0. The van der Waals surface area contributed by atoms with E-state index in [-0.39, 0.29) is 36.5 Å². The normalized spacial score (nSPS) is 13.6. The molecule has 0 radical (unpaired) electrons. The molecule has 0 bridgehead atoms. The van der Waals surface area contributed by atoms with Crippen LogP contribution in [0.3, 0.4) is 0 Å². The summed E-state index contributed by atoms with van der Waals surface area (Å²) in [7, 11) is 1.72. The summed E-state index contributed by atoms with van der Waals surface area (Å²) < 4.78 is 10.8. The molecule has 1 aliphatic rings. The highest BCUT2D eigenvalue weighted by Crippen LogP contribution is 2.31. The Labute approximate surface area is 188 Å². The number of benzene rings is 1. The quantitative estimate of drug-likeness (QED) is 0.256. The van der Waals surface area contributed by atoms with Crippen LogP contribution in [0.15, 0.2) is 39.8 Å².